The van der Waals surface area contributed by atoms with Crippen molar-refractivity contribution < 1.29 is 8.42 Å². The van der Waals surface area contributed by atoms with Gasteiger partial charge in [-0.25, -0.2) is 8.42 Å². The highest BCUT2D eigenvalue weighted by Gasteiger charge is 2.34. The topological polar surface area (TPSA) is 34.1 Å². The first-order valence-electron chi connectivity index (χ1n) is 16.7. The molecule has 0 N–H and O–H groups in total. The molecule has 0 spiro atoms. The first-order chi connectivity index (χ1) is 21.2. The molecule has 2 unspecified atom stereocenters. The van der Waals surface area contributed by atoms with Gasteiger partial charge in [0.1, 0.15) is 10.5 Å². The number of benzene rings is 2. The Bertz CT molecular complexity index is 1510. The van der Waals surface area contributed by atoms with E-state index in [0.717, 1.165) is 35.1 Å². The van der Waals surface area contributed by atoms with Gasteiger partial charge in [-0.05, 0) is 99.3 Å². The summed E-state index contributed by atoms with van der Waals surface area (Å²) < 4.78 is 29.7. The predicted molar refractivity (Wildman–Crippen MR) is 194 cm³/mol. The lowest BCUT2D eigenvalue weighted by Gasteiger charge is -2.33. The number of allylic oxidation sites excluding steroid dienone is 10. The van der Waals surface area contributed by atoms with Crippen molar-refractivity contribution in [3.05, 3.63) is 142 Å². The molecule has 240 valence electrons. The molecule has 0 heterocycles. The standard InChI is InChI=1S/C42H54O2S/c1-31(23-25-37-33(3)17-15-27-41(37,5)6)29-39(35-19-11-9-12-20-35)45(43,44)40(36-21-13-10-14-22-36)30-32(2)24-26-38-34(4)18-16-28-42(38,7)8/h9-14,19-26,29-30,39-40H,15-18,27-28H2,1-8H3. The number of sulfone groups is 1. The van der Waals surface area contributed by atoms with E-state index in [9.17, 15) is 8.42 Å². The Kier molecular flexibility index (Phi) is 11.2. The maximum absolute atomic E-state index is 14.9. The molecule has 2 aliphatic rings. The molecule has 0 fully saturated rings. The maximum Gasteiger partial charge on any atom is 0.171 e. The minimum absolute atomic E-state index is 0.125. The van der Waals surface area contributed by atoms with E-state index in [1.54, 1.807) is 0 Å². The van der Waals surface area contributed by atoms with Crippen LogP contribution in [0.4, 0.5) is 0 Å². The van der Waals surface area contributed by atoms with E-state index in [1.165, 1.54) is 48.0 Å². The van der Waals surface area contributed by atoms with Crippen LogP contribution in [-0.2, 0) is 9.84 Å². The Hall–Kier alpha value is -3.17. The lowest BCUT2D eigenvalue weighted by molar-refractivity contribution is 0.376. The minimum atomic E-state index is -3.76. The van der Waals surface area contributed by atoms with Crippen molar-refractivity contribution in [3.63, 3.8) is 0 Å². The van der Waals surface area contributed by atoms with Gasteiger partial charge in [-0.1, -0.05) is 147 Å². The highest BCUT2D eigenvalue weighted by molar-refractivity contribution is 7.92. The maximum atomic E-state index is 14.9. The number of hydrogen-bond donors (Lipinski definition) is 0. The third kappa shape index (κ3) is 8.55. The molecule has 3 heteroatoms. The largest absolute Gasteiger partial charge is 0.227 e. The molecule has 0 aliphatic heterocycles. The second-order valence-corrected chi connectivity index (χ2v) is 16.8. The molecule has 2 aromatic rings. The van der Waals surface area contributed by atoms with Gasteiger partial charge in [0.05, 0.1) is 0 Å². The smallest absolute Gasteiger partial charge is 0.171 e. The normalized spacial score (nSPS) is 21.1. The van der Waals surface area contributed by atoms with Gasteiger partial charge >= 0.3 is 0 Å². The zero-order valence-electron chi connectivity index (χ0n) is 28.9. The fourth-order valence-electron chi connectivity index (χ4n) is 7.24. The molecule has 2 aliphatic carbocycles. The SMILES string of the molecule is CC(C=CC1=C(C)CCCC1(C)C)=CC(c1ccccc1)S(=O)(=O)C(C=C(C)C=CC1=C(C)CCCC1(C)C)c1ccccc1. The van der Waals surface area contributed by atoms with E-state index in [1.807, 2.05) is 86.7 Å². The summed E-state index contributed by atoms with van der Waals surface area (Å²) in [5, 5.41) is -1.59. The van der Waals surface area contributed by atoms with Crippen LogP contribution in [0.3, 0.4) is 0 Å². The summed E-state index contributed by atoms with van der Waals surface area (Å²) in [5.74, 6) is 0. The highest BCUT2D eigenvalue weighted by Crippen LogP contribution is 2.43. The third-order valence-electron chi connectivity index (χ3n) is 9.90. The van der Waals surface area contributed by atoms with Gasteiger partial charge in [0.15, 0.2) is 9.84 Å². The van der Waals surface area contributed by atoms with Crippen molar-refractivity contribution in [2.24, 2.45) is 10.8 Å². The molecular formula is C42H54O2S. The molecule has 2 nitrogen and oxygen atoms in total. The Morgan fingerprint density at radius 3 is 1.33 bits per heavy atom. The summed E-state index contributed by atoms with van der Waals surface area (Å²) in [7, 11) is -3.76. The van der Waals surface area contributed by atoms with Crippen molar-refractivity contribution in [3.8, 4) is 0 Å². The summed E-state index contributed by atoms with van der Waals surface area (Å²) in [6.45, 7) is 17.8. The monoisotopic (exact) mass is 622 g/mol. The minimum Gasteiger partial charge on any atom is -0.227 e. The molecule has 0 aromatic heterocycles. The Morgan fingerprint density at radius 1 is 0.644 bits per heavy atom. The van der Waals surface area contributed by atoms with Crippen LogP contribution >= 0.6 is 0 Å². The van der Waals surface area contributed by atoms with Crippen LogP contribution in [0.2, 0.25) is 0 Å². The lowest BCUT2D eigenvalue weighted by Crippen LogP contribution is -2.20. The predicted octanol–water partition coefficient (Wildman–Crippen LogP) is 11.9. The lowest BCUT2D eigenvalue weighted by atomic mass is 9.72. The molecule has 2 aromatic carbocycles. The van der Waals surface area contributed by atoms with E-state index >= 15 is 0 Å². The molecule has 2 atom stereocenters. The second kappa shape index (κ2) is 14.5. The van der Waals surface area contributed by atoms with E-state index < -0.39 is 20.3 Å². The van der Waals surface area contributed by atoms with Crippen molar-refractivity contribution >= 4 is 9.84 Å². The Morgan fingerprint density at radius 2 is 1.00 bits per heavy atom. The van der Waals surface area contributed by atoms with Crippen molar-refractivity contribution in [2.45, 2.75) is 104 Å². The van der Waals surface area contributed by atoms with Crippen molar-refractivity contribution in [1.29, 1.82) is 0 Å². The van der Waals surface area contributed by atoms with Gasteiger partial charge in [0, 0.05) is 0 Å². The van der Waals surface area contributed by atoms with Crippen molar-refractivity contribution in [1.82, 2.24) is 0 Å². The van der Waals surface area contributed by atoms with Gasteiger partial charge in [-0.15, -0.1) is 0 Å². The first-order valence-corrected chi connectivity index (χ1v) is 18.3. The average molecular weight is 623 g/mol. The molecule has 0 radical (unpaired) electrons. The first kappa shape index (κ1) is 34.7. The van der Waals surface area contributed by atoms with E-state index in [2.05, 4.69) is 65.8 Å². The Balaban J connectivity index is 1.78. The van der Waals surface area contributed by atoms with Crippen LogP contribution in [0.25, 0.3) is 0 Å². The zero-order chi connectivity index (χ0) is 32.8. The van der Waals surface area contributed by atoms with Crippen LogP contribution < -0.4 is 0 Å². The highest BCUT2D eigenvalue weighted by atomic mass is 32.2. The summed E-state index contributed by atoms with van der Waals surface area (Å²) >= 11 is 0. The second-order valence-electron chi connectivity index (χ2n) is 14.6. The molecule has 0 bridgehead atoms. The molecule has 0 amide bonds. The molecule has 4 rings (SSSR count). The zero-order valence-corrected chi connectivity index (χ0v) is 29.7. The van der Waals surface area contributed by atoms with Gasteiger partial charge in [-0.2, -0.15) is 0 Å². The summed E-state index contributed by atoms with van der Waals surface area (Å²) in [6, 6.07) is 19.3. The fourth-order valence-corrected chi connectivity index (χ4v) is 9.44. The third-order valence-corrected chi connectivity index (χ3v) is 12.1. The molecule has 0 saturated carbocycles. The molecule has 0 saturated heterocycles. The van der Waals surface area contributed by atoms with E-state index in [4.69, 9.17) is 0 Å². The average Bonchev–Trinajstić information content (AvgIpc) is 2.98. The van der Waals surface area contributed by atoms with Gasteiger partial charge in [0.25, 0.3) is 0 Å². The quantitative estimate of drug-likeness (QED) is 0.247. The van der Waals surface area contributed by atoms with E-state index in [0.29, 0.717) is 0 Å². The van der Waals surface area contributed by atoms with Crippen LogP contribution in [0.1, 0.15) is 116 Å². The van der Waals surface area contributed by atoms with Gasteiger partial charge in [-0.3, -0.25) is 0 Å². The summed E-state index contributed by atoms with van der Waals surface area (Å²) in [4.78, 5) is 0. The molecule has 45 heavy (non-hydrogen) atoms. The fraction of sp³-hybridized carbons (Fsp3) is 0.429. The van der Waals surface area contributed by atoms with Crippen LogP contribution in [0, 0.1) is 10.8 Å². The summed E-state index contributed by atoms with van der Waals surface area (Å²) in [6.07, 6.45) is 19.6. The van der Waals surface area contributed by atoms with Crippen LogP contribution in [0.5, 0.6) is 0 Å². The van der Waals surface area contributed by atoms with Crippen molar-refractivity contribution in [2.75, 3.05) is 0 Å². The van der Waals surface area contributed by atoms with Crippen LogP contribution in [-0.4, -0.2) is 8.42 Å². The van der Waals surface area contributed by atoms with Gasteiger partial charge < -0.3 is 0 Å². The number of rotatable bonds is 10. The van der Waals surface area contributed by atoms with Gasteiger partial charge in [0.2, 0.25) is 0 Å². The molecular weight excluding hydrogens is 569 g/mol. The van der Waals surface area contributed by atoms with Crippen LogP contribution in [0.15, 0.2) is 131 Å². The Labute approximate surface area is 274 Å². The van der Waals surface area contributed by atoms with E-state index in [-0.39, 0.29) is 10.8 Å². The number of hydrogen-bond acceptors (Lipinski definition) is 2. The summed E-state index contributed by atoms with van der Waals surface area (Å²) in [5.41, 5.74) is 9.33.